The minimum Gasteiger partial charge on any atom is -0.352 e. The molecule has 3 N–H and O–H groups in total. The third kappa shape index (κ3) is 4.49. The van der Waals surface area contributed by atoms with Gasteiger partial charge in [-0.15, -0.1) is 12.4 Å². The van der Waals surface area contributed by atoms with Gasteiger partial charge in [0.15, 0.2) is 0 Å². The van der Waals surface area contributed by atoms with Gasteiger partial charge in [-0.2, -0.15) is 0 Å². The number of nitrogens with one attached hydrogen (secondary N) is 1. The number of hydrogen-bond acceptors (Lipinski definition) is 3. The smallest absolute Gasteiger partial charge is 0.227 e. The molecule has 0 aromatic heterocycles. The Balaban J connectivity index is 0.00000242. The second-order valence-corrected chi connectivity index (χ2v) is 6.05. The summed E-state index contributed by atoms with van der Waals surface area (Å²) in [6, 6.07) is 4.81. The number of rotatable bonds is 4. The van der Waals surface area contributed by atoms with E-state index < -0.39 is 0 Å². The maximum Gasteiger partial charge on any atom is 0.227 e. The van der Waals surface area contributed by atoms with E-state index in [4.69, 9.17) is 28.9 Å². The average Bonchev–Trinajstić information content (AvgIpc) is 2.79. The van der Waals surface area contributed by atoms with Crippen LogP contribution in [0.2, 0.25) is 10.0 Å². The lowest BCUT2D eigenvalue weighted by atomic mass is 10.1. The van der Waals surface area contributed by atoms with E-state index in [1.54, 1.807) is 18.2 Å². The third-order valence-corrected chi connectivity index (χ3v) is 3.83. The first-order chi connectivity index (χ1) is 9.90. The van der Waals surface area contributed by atoms with Crippen LogP contribution in [-0.2, 0) is 9.59 Å². The third-order valence-electron chi connectivity index (χ3n) is 3.40. The Kier molecular flexibility index (Phi) is 6.94. The number of benzene rings is 1. The summed E-state index contributed by atoms with van der Waals surface area (Å²) in [6.45, 7) is 2.50. The Morgan fingerprint density at radius 2 is 2.00 bits per heavy atom. The van der Waals surface area contributed by atoms with Crippen molar-refractivity contribution in [2.45, 2.75) is 19.4 Å². The van der Waals surface area contributed by atoms with Crippen LogP contribution in [0, 0.1) is 5.92 Å². The van der Waals surface area contributed by atoms with E-state index in [1.807, 2.05) is 6.92 Å². The van der Waals surface area contributed by atoms with Crippen LogP contribution in [0.4, 0.5) is 5.69 Å². The van der Waals surface area contributed by atoms with Crippen LogP contribution in [0.1, 0.15) is 13.3 Å². The molecule has 22 heavy (non-hydrogen) atoms. The molecule has 1 unspecified atom stereocenters. The van der Waals surface area contributed by atoms with Gasteiger partial charge in [0.1, 0.15) is 0 Å². The number of amides is 2. The highest BCUT2D eigenvalue weighted by molar-refractivity contribution is 6.35. The number of carbonyl (C=O) groups is 2. The molecule has 1 fully saturated rings. The molecule has 1 saturated heterocycles. The van der Waals surface area contributed by atoms with Gasteiger partial charge >= 0.3 is 0 Å². The zero-order valence-electron chi connectivity index (χ0n) is 12.0. The van der Waals surface area contributed by atoms with Crippen LogP contribution in [0.25, 0.3) is 0 Å². The minimum atomic E-state index is -0.385. The monoisotopic (exact) mass is 365 g/mol. The molecule has 122 valence electrons. The molecule has 2 rings (SSSR count). The van der Waals surface area contributed by atoms with Crippen LogP contribution in [-0.4, -0.2) is 30.9 Å². The summed E-state index contributed by atoms with van der Waals surface area (Å²) in [5.41, 5.74) is 6.09. The first kappa shape index (κ1) is 19.0. The van der Waals surface area contributed by atoms with Crippen molar-refractivity contribution in [3.05, 3.63) is 28.2 Å². The van der Waals surface area contributed by atoms with Crippen LogP contribution >= 0.6 is 35.6 Å². The summed E-state index contributed by atoms with van der Waals surface area (Å²) in [4.78, 5) is 25.7. The Morgan fingerprint density at radius 1 is 1.41 bits per heavy atom. The molecule has 1 aromatic rings. The van der Waals surface area contributed by atoms with Crippen LogP contribution in [0.5, 0.6) is 0 Å². The second kappa shape index (κ2) is 8.02. The summed E-state index contributed by atoms with van der Waals surface area (Å²) in [5, 5.41) is 3.70. The highest BCUT2D eigenvalue weighted by Crippen LogP contribution is 2.30. The standard InChI is InChI=1S/C14H17Cl2N3O2.ClH/c1-8(6-17)18-14(21)9-2-13(20)19(7-9)12-4-10(15)3-11(16)5-12;/h3-5,8-9H,2,6-7,17H2,1H3,(H,18,21);1H/t8-,9?;/m0./s1. The molecule has 8 heteroatoms. The molecule has 1 aliphatic rings. The average molecular weight is 367 g/mol. The highest BCUT2D eigenvalue weighted by atomic mass is 35.5. The molecule has 1 aromatic carbocycles. The Labute approximate surface area is 145 Å². The number of hydrogen-bond donors (Lipinski definition) is 2. The van der Waals surface area contributed by atoms with E-state index in [-0.39, 0.29) is 42.6 Å². The van der Waals surface area contributed by atoms with Crippen molar-refractivity contribution in [1.82, 2.24) is 5.32 Å². The number of anilines is 1. The van der Waals surface area contributed by atoms with Crippen molar-refractivity contribution in [2.24, 2.45) is 11.7 Å². The van der Waals surface area contributed by atoms with Crippen molar-refractivity contribution in [1.29, 1.82) is 0 Å². The second-order valence-electron chi connectivity index (χ2n) is 5.18. The molecule has 2 atom stereocenters. The van der Waals surface area contributed by atoms with Gasteiger partial charge in [0.05, 0.1) is 5.92 Å². The van der Waals surface area contributed by atoms with Gasteiger partial charge in [-0.3, -0.25) is 9.59 Å². The number of carbonyl (C=O) groups excluding carboxylic acids is 2. The molecule has 5 nitrogen and oxygen atoms in total. The molecule has 2 amide bonds. The molecule has 0 spiro atoms. The topological polar surface area (TPSA) is 75.4 Å². The Hall–Kier alpha value is -1.01. The fourth-order valence-electron chi connectivity index (χ4n) is 2.25. The Bertz CT molecular complexity index is 548. The predicted molar refractivity (Wildman–Crippen MR) is 90.8 cm³/mol. The van der Waals surface area contributed by atoms with Crippen molar-refractivity contribution in [3.63, 3.8) is 0 Å². The van der Waals surface area contributed by atoms with Crippen molar-refractivity contribution in [3.8, 4) is 0 Å². The van der Waals surface area contributed by atoms with Crippen molar-refractivity contribution >= 4 is 53.1 Å². The van der Waals surface area contributed by atoms with Crippen molar-refractivity contribution in [2.75, 3.05) is 18.0 Å². The SMILES string of the molecule is C[C@@H](CN)NC(=O)C1CC(=O)N(c2cc(Cl)cc(Cl)c2)C1.Cl. The summed E-state index contributed by atoms with van der Waals surface area (Å²) >= 11 is 11.9. The van der Waals surface area contributed by atoms with Gasteiger partial charge in [-0.05, 0) is 25.1 Å². The van der Waals surface area contributed by atoms with Crippen molar-refractivity contribution < 1.29 is 9.59 Å². The first-order valence-electron chi connectivity index (χ1n) is 6.67. The quantitative estimate of drug-likeness (QED) is 0.858. The fraction of sp³-hybridized carbons (Fsp3) is 0.429. The van der Waals surface area contributed by atoms with Gasteiger partial charge in [-0.1, -0.05) is 23.2 Å². The molecular formula is C14H18Cl3N3O2. The zero-order chi connectivity index (χ0) is 15.6. The normalized spacial score (nSPS) is 18.8. The molecule has 0 aliphatic carbocycles. The summed E-state index contributed by atoms with van der Waals surface area (Å²) < 4.78 is 0. The number of nitrogens with two attached hydrogens (primary N) is 1. The molecule has 0 radical (unpaired) electrons. The molecule has 1 aliphatic heterocycles. The molecule has 0 saturated carbocycles. The number of halogens is 3. The maximum atomic E-state index is 12.1. The lowest BCUT2D eigenvalue weighted by Crippen LogP contribution is -2.41. The predicted octanol–water partition coefficient (Wildman–Crippen LogP) is 2.23. The van der Waals surface area contributed by atoms with Crippen LogP contribution < -0.4 is 16.0 Å². The lowest BCUT2D eigenvalue weighted by molar-refractivity contribution is -0.126. The van der Waals surface area contributed by atoms with E-state index >= 15 is 0 Å². The van der Waals surface area contributed by atoms with Gasteiger partial charge in [0.25, 0.3) is 0 Å². The molecule has 1 heterocycles. The van der Waals surface area contributed by atoms with Gasteiger partial charge in [0, 0.05) is 41.3 Å². The van der Waals surface area contributed by atoms with Gasteiger partial charge < -0.3 is 16.0 Å². The van der Waals surface area contributed by atoms with E-state index in [2.05, 4.69) is 5.32 Å². The largest absolute Gasteiger partial charge is 0.352 e. The van der Waals surface area contributed by atoms with E-state index in [0.717, 1.165) is 0 Å². The zero-order valence-corrected chi connectivity index (χ0v) is 14.3. The lowest BCUT2D eigenvalue weighted by Gasteiger charge is -2.18. The number of nitrogens with zero attached hydrogens (tertiary/aromatic N) is 1. The van der Waals surface area contributed by atoms with E-state index in [9.17, 15) is 9.59 Å². The molecular weight excluding hydrogens is 349 g/mol. The summed E-state index contributed by atoms with van der Waals surface area (Å²) in [6.07, 6.45) is 0.174. The van der Waals surface area contributed by atoms with Gasteiger partial charge in [-0.25, -0.2) is 0 Å². The van der Waals surface area contributed by atoms with Crippen LogP contribution in [0.15, 0.2) is 18.2 Å². The van der Waals surface area contributed by atoms with Gasteiger partial charge in [0.2, 0.25) is 11.8 Å². The maximum absolute atomic E-state index is 12.1. The summed E-state index contributed by atoms with van der Waals surface area (Å²) in [7, 11) is 0. The highest BCUT2D eigenvalue weighted by Gasteiger charge is 2.35. The van der Waals surface area contributed by atoms with E-state index in [1.165, 1.54) is 4.90 Å². The first-order valence-corrected chi connectivity index (χ1v) is 7.43. The fourth-order valence-corrected chi connectivity index (χ4v) is 2.76. The summed E-state index contributed by atoms with van der Waals surface area (Å²) in [5.74, 6) is -0.657. The van der Waals surface area contributed by atoms with Crippen LogP contribution in [0.3, 0.4) is 0 Å². The van der Waals surface area contributed by atoms with E-state index in [0.29, 0.717) is 28.8 Å². The molecule has 0 bridgehead atoms. The minimum absolute atomic E-state index is 0. The Morgan fingerprint density at radius 3 is 2.55 bits per heavy atom.